The Morgan fingerprint density at radius 2 is 2.13 bits per heavy atom. The van der Waals surface area contributed by atoms with Crippen molar-refractivity contribution in [2.45, 2.75) is 49.7 Å². The number of aliphatic hydroxyl groups is 1. The van der Waals surface area contributed by atoms with Crippen LogP contribution in [0.4, 0.5) is 13.2 Å². The monoisotopic (exact) mass is 426 g/mol. The molecule has 162 valence electrons. The molecule has 2 aromatic rings. The first-order valence-electron chi connectivity index (χ1n) is 9.57. The Labute approximate surface area is 170 Å². The molecule has 1 aromatic carbocycles. The summed E-state index contributed by atoms with van der Waals surface area (Å²) in [5.41, 5.74) is -0.469. The van der Waals surface area contributed by atoms with Gasteiger partial charge in [0.15, 0.2) is 0 Å². The summed E-state index contributed by atoms with van der Waals surface area (Å²) < 4.78 is 48.4. The predicted octanol–water partition coefficient (Wildman–Crippen LogP) is 2.00. The van der Waals surface area contributed by atoms with E-state index in [0.717, 1.165) is 18.2 Å². The smallest absolute Gasteiger partial charge is 0.405 e. The standard InChI is InChI=1S/C19H21F3N4O4/c20-19(21,22)30-16-4-2-1-3-14(16)17(27)23-13-7-18(28,8-13)11-26-9-15(24-25-26)12-5-6-29-10-12/h1-4,9,12-13,28H,5-8,10-11H2,(H,23,27). The van der Waals surface area contributed by atoms with Gasteiger partial charge in [-0.25, -0.2) is 4.68 Å². The molecule has 4 rings (SSSR count). The number of carbonyl (C=O) groups excluding carboxylic acids is 1. The molecule has 1 saturated heterocycles. The Kier molecular flexibility index (Phi) is 5.41. The molecule has 1 atom stereocenters. The first-order valence-corrected chi connectivity index (χ1v) is 9.57. The van der Waals surface area contributed by atoms with E-state index in [2.05, 4.69) is 20.4 Å². The SMILES string of the molecule is O=C(NC1CC(O)(Cn2cc(C3CCOC3)nn2)C1)c1ccccc1OC(F)(F)F. The van der Waals surface area contributed by atoms with Crippen LogP contribution >= 0.6 is 0 Å². The number of hydrogen-bond donors (Lipinski definition) is 2. The van der Waals surface area contributed by atoms with E-state index in [0.29, 0.717) is 13.2 Å². The van der Waals surface area contributed by atoms with Gasteiger partial charge in [-0.3, -0.25) is 4.79 Å². The fraction of sp³-hybridized carbons (Fsp3) is 0.526. The quantitative estimate of drug-likeness (QED) is 0.733. The number of aromatic nitrogens is 3. The van der Waals surface area contributed by atoms with Crippen molar-refractivity contribution in [2.75, 3.05) is 13.2 Å². The third kappa shape index (κ3) is 4.73. The van der Waals surface area contributed by atoms with Crippen LogP contribution in [0.25, 0.3) is 0 Å². The lowest BCUT2D eigenvalue weighted by atomic mass is 9.75. The summed E-state index contributed by atoms with van der Waals surface area (Å²) >= 11 is 0. The van der Waals surface area contributed by atoms with E-state index >= 15 is 0 Å². The minimum atomic E-state index is -4.89. The molecular weight excluding hydrogens is 405 g/mol. The van der Waals surface area contributed by atoms with Crippen LogP contribution < -0.4 is 10.1 Å². The lowest BCUT2D eigenvalue weighted by Crippen LogP contribution is -2.57. The topological polar surface area (TPSA) is 98.5 Å². The van der Waals surface area contributed by atoms with Crippen molar-refractivity contribution in [1.29, 1.82) is 0 Å². The Bertz CT molecular complexity index is 905. The van der Waals surface area contributed by atoms with Crippen LogP contribution in [-0.4, -0.2) is 57.2 Å². The number of amides is 1. The molecule has 2 fully saturated rings. The predicted molar refractivity (Wildman–Crippen MR) is 96.8 cm³/mol. The van der Waals surface area contributed by atoms with Gasteiger partial charge in [-0.05, 0) is 31.4 Å². The molecule has 1 unspecified atom stereocenters. The van der Waals surface area contributed by atoms with E-state index in [-0.39, 0.29) is 36.9 Å². The van der Waals surface area contributed by atoms with E-state index in [1.807, 2.05) is 0 Å². The molecule has 2 aliphatic rings. The molecule has 30 heavy (non-hydrogen) atoms. The fourth-order valence-corrected chi connectivity index (χ4v) is 3.87. The van der Waals surface area contributed by atoms with E-state index < -0.39 is 23.6 Å². The van der Waals surface area contributed by atoms with Crippen molar-refractivity contribution in [3.05, 3.63) is 41.7 Å². The maximum absolute atomic E-state index is 12.5. The highest BCUT2D eigenvalue weighted by Gasteiger charge is 2.44. The normalized spacial score (nSPS) is 26.3. The zero-order valence-corrected chi connectivity index (χ0v) is 15.9. The minimum Gasteiger partial charge on any atom is -0.405 e. The summed E-state index contributed by atoms with van der Waals surface area (Å²) in [5.74, 6) is -1.05. The number of nitrogens with zero attached hydrogens (tertiary/aromatic N) is 3. The number of benzene rings is 1. The third-order valence-corrected chi connectivity index (χ3v) is 5.31. The van der Waals surface area contributed by atoms with Crippen LogP contribution in [0.15, 0.2) is 30.5 Å². The van der Waals surface area contributed by atoms with E-state index in [4.69, 9.17) is 4.74 Å². The second kappa shape index (κ2) is 7.88. The average Bonchev–Trinajstić information content (AvgIpc) is 3.30. The molecule has 1 aliphatic carbocycles. The van der Waals surface area contributed by atoms with Gasteiger partial charge in [0.25, 0.3) is 5.91 Å². The Balaban J connectivity index is 1.32. The van der Waals surface area contributed by atoms with Crippen molar-refractivity contribution >= 4 is 5.91 Å². The molecule has 2 heterocycles. The number of alkyl halides is 3. The van der Waals surface area contributed by atoms with Crippen LogP contribution in [0.3, 0.4) is 0 Å². The summed E-state index contributed by atoms with van der Waals surface area (Å²) in [6.45, 7) is 1.52. The van der Waals surface area contributed by atoms with Gasteiger partial charge in [0.2, 0.25) is 0 Å². The first kappa shape index (κ1) is 20.6. The van der Waals surface area contributed by atoms with Crippen molar-refractivity contribution in [3.8, 4) is 5.75 Å². The Morgan fingerprint density at radius 1 is 1.37 bits per heavy atom. The van der Waals surface area contributed by atoms with Crippen molar-refractivity contribution in [2.24, 2.45) is 0 Å². The van der Waals surface area contributed by atoms with Crippen molar-refractivity contribution < 1.29 is 32.5 Å². The van der Waals surface area contributed by atoms with E-state index in [1.54, 1.807) is 10.9 Å². The highest BCUT2D eigenvalue weighted by Crippen LogP contribution is 2.35. The Hall–Kier alpha value is -2.66. The van der Waals surface area contributed by atoms with Crippen LogP contribution in [0, 0.1) is 0 Å². The summed E-state index contributed by atoms with van der Waals surface area (Å²) in [4.78, 5) is 12.4. The second-order valence-corrected chi connectivity index (χ2v) is 7.75. The van der Waals surface area contributed by atoms with Gasteiger partial charge >= 0.3 is 6.36 Å². The lowest BCUT2D eigenvalue weighted by molar-refractivity contribution is -0.274. The molecule has 8 nitrogen and oxygen atoms in total. The molecule has 2 N–H and O–H groups in total. The number of para-hydroxylation sites is 1. The van der Waals surface area contributed by atoms with Crippen LogP contribution in [0.5, 0.6) is 5.75 Å². The van der Waals surface area contributed by atoms with Crippen molar-refractivity contribution in [3.63, 3.8) is 0 Å². The highest BCUT2D eigenvalue weighted by molar-refractivity contribution is 5.97. The molecular formula is C19H21F3N4O4. The number of ether oxygens (including phenoxy) is 2. The maximum Gasteiger partial charge on any atom is 0.573 e. The van der Waals surface area contributed by atoms with Crippen LogP contribution in [0.2, 0.25) is 0 Å². The molecule has 1 saturated carbocycles. The summed E-state index contributed by atoms with van der Waals surface area (Å²) in [5, 5.41) is 21.5. The minimum absolute atomic E-state index is 0.209. The van der Waals surface area contributed by atoms with Gasteiger partial charge in [-0.2, -0.15) is 0 Å². The van der Waals surface area contributed by atoms with Gasteiger partial charge < -0.3 is 19.9 Å². The molecule has 1 amide bonds. The van der Waals surface area contributed by atoms with Gasteiger partial charge in [-0.1, -0.05) is 17.3 Å². The molecule has 1 aliphatic heterocycles. The summed E-state index contributed by atoms with van der Waals surface area (Å²) in [6, 6.07) is 4.77. The average molecular weight is 426 g/mol. The highest BCUT2D eigenvalue weighted by atomic mass is 19.4. The molecule has 1 aromatic heterocycles. The van der Waals surface area contributed by atoms with E-state index in [9.17, 15) is 23.1 Å². The first-order chi connectivity index (χ1) is 14.2. The summed E-state index contributed by atoms with van der Waals surface area (Å²) in [7, 11) is 0. The van der Waals surface area contributed by atoms with Crippen molar-refractivity contribution in [1.82, 2.24) is 20.3 Å². The molecule has 0 spiro atoms. The number of rotatable bonds is 6. The van der Waals surface area contributed by atoms with Crippen LogP contribution in [-0.2, 0) is 11.3 Å². The second-order valence-electron chi connectivity index (χ2n) is 7.75. The molecule has 0 radical (unpaired) electrons. The molecule has 0 bridgehead atoms. The number of nitrogens with one attached hydrogen (secondary N) is 1. The molecule has 11 heteroatoms. The van der Waals surface area contributed by atoms with Gasteiger partial charge in [0, 0.05) is 24.8 Å². The maximum atomic E-state index is 12.5. The van der Waals surface area contributed by atoms with Gasteiger partial charge in [0.1, 0.15) is 5.75 Å². The fourth-order valence-electron chi connectivity index (χ4n) is 3.87. The largest absolute Gasteiger partial charge is 0.573 e. The zero-order chi connectivity index (χ0) is 21.4. The zero-order valence-electron chi connectivity index (χ0n) is 15.9. The van der Waals surface area contributed by atoms with Gasteiger partial charge in [-0.15, -0.1) is 18.3 Å². The van der Waals surface area contributed by atoms with Crippen LogP contribution in [0.1, 0.15) is 41.2 Å². The Morgan fingerprint density at radius 3 is 2.83 bits per heavy atom. The lowest BCUT2D eigenvalue weighted by Gasteiger charge is -2.43. The number of halogens is 3. The third-order valence-electron chi connectivity index (χ3n) is 5.31. The van der Waals surface area contributed by atoms with E-state index in [1.165, 1.54) is 18.2 Å². The number of carbonyl (C=O) groups is 1. The number of hydrogen-bond acceptors (Lipinski definition) is 6. The summed E-state index contributed by atoms with van der Waals surface area (Å²) in [6.07, 6.45) is -1.72. The van der Waals surface area contributed by atoms with Gasteiger partial charge in [0.05, 0.1) is 30.0 Å².